The molecule has 7 heteroatoms. The molecule has 0 aromatic carbocycles. The van der Waals surface area contributed by atoms with Crippen molar-refractivity contribution in [2.45, 2.75) is 57.9 Å². The van der Waals surface area contributed by atoms with Crippen molar-refractivity contribution in [3.63, 3.8) is 0 Å². The SMILES string of the molecule is CCCC(N)C1CCN(c2c(F)cn3c(=O)c(C(=O)O)cc(C4CC4)c3c2C)C1. The molecule has 1 aliphatic carbocycles. The standard InChI is InChI=1S/C22H28FN3O3/c1-3-4-18(24)14-7-8-25(10-14)20-12(2)19-15(13-5-6-13)9-16(22(28)29)21(27)26(19)11-17(20)23/h9,11,13-14,18H,3-8,10,24H2,1-2H3,(H,28,29). The average Bonchev–Trinajstić information content (AvgIpc) is 3.40. The maximum Gasteiger partial charge on any atom is 0.341 e. The molecule has 1 saturated carbocycles. The third-order valence-electron chi connectivity index (χ3n) is 6.46. The van der Waals surface area contributed by atoms with Crippen LogP contribution in [0.4, 0.5) is 10.1 Å². The molecule has 3 heterocycles. The quantitative estimate of drug-likeness (QED) is 0.776. The fraction of sp³-hybridized carbons (Fsp3) is 0.545. The van der Waals surface area contributed by atoms with Gasteiger partial charge < -0.3 is 15.7 Å². The summed E-state index contributed by atoms with van der Waals surface area (Å²) in [6.45, 7) is 5.37. The van der Waals surface area contributed by atoms with Crippen LogP contribution in [0.15, 0.2) is 17.1 Å². The van der Waals surface area contributed by atoms with Crippen molar-refractivity contribution < 1.29 is 14.3 Å². The van der Waals surface area contributed by atoms with Crippen molar-refractivity contribution in [3.8, 4) is 0 Å². The summed E-state index contributed by atoms with van der Waals surface area (Å²) in [6, 6.07) is 1.60. The van der Waals surface area contributed by atoms with Gasteiger partial charge in [0.2, 0.25) is 0 Å². The number of aryl methyl sites for hydroxylation is 1. The van der Waals surface area contributed by atoms with Gasteiger partial charge in [0.1, 0.15) is 5.56 Å². The molecule has 3 N–H and O–H groups in total. The van der Waals surface area contributed by atoms with Gasteiger partial charge >= 0.3 is 5.97 Å². The first-order valence-corrected chi connectivity index (χ1v) is 10.5. The number of pyridine rings is 2. The Bertz CT molecular complexity index is 1030. The minimum atomic E-state index is -1.28. The van der Waals surface area contributed by atoms with Crippen LogP contribution in [-0.4, -0.2) is 34.6 Å². The third kappa shape index (κ3) is 3.41. The molecular weight excluding hydrogens is 373 g/mol. The highest BCUT2D eigenvalue weighted by Gasteiger charge is 2.33. The van der Waals surface area contributed by atoms with Gasteiger partial charge in [0.15, 0.2) is 5.82 Å². The van der Waals surface area contributed by atoms with E-state index in [2.05, 4.69) is 6.92 Å². The Morgan fingerprint density at radius 2 is 2.10 bits per heavy atom. The number of carbonyl (C=O) groups is 1. The second kappa shape index (κ2) is 7.44. The molecule has 4 rings (SSSR count). The van der Waals surface area contributed by atoms with Crippen LogP contribution >= 0.6 is 0 Å². The van der Waals surface area contributed by atoms with Gasteiger partial charge in [0.25, 0.3) is 5.56 Å². The highest BCUT2D eigenvalue weighted by atomic mass is 19.1. The lowest BCUT2D eigenvalue weighted by atomic mass is 9.96. The number of halogens is 1. The number of carboxylic acid groups (broad SMARTS) is 1. The zero-order chi connectivity index (χ0) is 20.9. The summed E-state index contributed by atoms with van der Waals surface area (Å²) < 4.78 is 16.4. The van der Waals surface area contributed by atoms with E-state index < -0.39 is 17.3 Å². The van der Waals surface area contributed by atoms with Crippen molar-refractivity contribution >= 4 is 17.2 Å². The van der Waals surface area contributed by atoms with E-state index in [4.69, 9.17) is 5.73 Å². The van der Waals surface area contributed by atoms with E-state index in [1.807, 2.05) is 11.8 Å². The number of carboxylic acids is 1. The Morgan fingerprint density at radius 3 is 2.72 bits per heavy atom. The third-order valence-corrected chi connectivity index (χ3v) is 6.46. The normalized spacial score (nSPS) is 20.4. The van der Waals surface area contributed by atoms with E-state index in [0.29, 0.717) is 29.2 Å². The summed E-state index contributed by atoms with van der Waals surface area (Å²) in [5.74, 6) is -1.22. The predicted molar refractivity (Wildman–Crippen MR) is 110 cm³/mol. The minimum Gasteiger partial charge on any atom is -0.477 e. The van der Waals surface area contributed by atoms with E-state index in [-0.39, 0.29) is 17.5 Å². The molecule has 2 atom stereocenters. The molecule has 2 unspecified atom stereocenters. The Labute approximate surface area is 169 Å². The van der Waals surface area contributed by atoms with Crippen molar-refractivity contribution in [2.75, 3.05) is 18.0 Å². The molecule has 0 spiro atoms. The predicted octanol–water partition coefficient (Wildman–Crippen LogP) is 3.28. The number of hydrogen-bond acceptors (Lipinski definition) is 4. The molecule has 0 bridgehead atoms. The van der Waals surface area contributed by atoms with E-state index >= 15 is 4.39 Å². The number of rotatable bonds is 6. The second-order valence-electron chi connectivity index (χ2n) is 8.51. The number of nitrogens with zero attached hydrogens (tertiary/aromatic N) is 2. The average molecular weight is 401 g/mol. The van der Waals surface area contributed by atoms with Gasteiger partial charge in [-0.05, 0) is 61.6 Å². The highest BCUT2D eigenvalue weighted by Crippen LogP contribution is 2.44. The van der Waals surface area contributed by atoms with E-state index in [1.54, 1.807) is 0 Å². The summed E-state index contributed by atoms with van der Waals surface area (Å²) >= 11 is 0. The Hall–Kier alpha value is -2.41. The molecule has 2 fully saturated rings. The van der Waals surface area contributed by atoms with Crippen molar-refractivity contribution in [1.82, 2.24) is 4.40 Å². The summed E-state index contributed by atoms with van der Waals surface area (Å²) in [6.07, 6.45) is 5.98. The zero-order valence-electron chi connectivity index (χ0n) is 16.9. The maximum absolute atomic E-state index is 15.2. The second-order valence-corrected chi connectivity index (χ2v) is 8.51. The molecule has 6 nitrogen and oxygen atoms in total. The topological polar surface area (TPSA) is 88.0 Å². The molecule has 2 aromatic rings. The van der Waals surface area contributed by atoms with Crippen LogP contribution in [0.25, 0.3) is 5.52 Å². The lowest BCUT2D eigenvalue weighted by Crippen LogP contribution is -2.33. The fourth-order valence-electron chi connectivity index (χ4n) is 4.80. The molecule has 2 aromatic heterocycles. The van der Waals surface area contributed by atoms with Gasteiger partial charge in [0, 0.05) is 19.1 Å². The van der Waals surface area contributed by atoms with Crippen LogP contribution in [0.3, 0.4) is 0 Å². The van der Waals surface area contributed by atoms with Gasteiger partial charge in [0.05, 0.1) is 17.4 Å². The first-order chi connectivity index (χ1) is 13.8. The largest absolute Gasteiger partial charge is 0.477 e. The van der Waals surface area contributed by atoms with Crippen molar-refractivity contribution in [3.05, 3.63) is 45.1 Å². The molecule has 1 aliphatic heterocycles. The number of nitrogens with two attached hydrogens (primary N) is 1. The molecular formula is C22H28FN3O3. The van der Waals surface area contributed by atoms with Crippen LogP contribution in [0, 0.1) is 18.7 Å². The van der Waals surface area contributed by atoms with Gasteiger partial charge in [-0.3, -0.25) is 9.20 Å². The zero-order valence-corrected chi connectivity index (χ0v) is 16.9. The minimum absolute atomic E-state index is 0.108. The van der Waals surface area contributed by atoms with Gasteiger partial charge in [-0.1, -0.05) is 13.3 Å². The monoisotopic (exact) mass is 401 g/mol. The van der Waals surface area contributed by atoms with Crippen LogP contribution < -0.4 is 16.2 Å². The molecule has 1 saturated heterocycles. The van der Waals surface area contributed by atoms with E-state index in [1.165, 1.54) is 10.5 Å². The van der Waals surface area contributed by atoms with E-state index in [0.717, 1.165) is 50.4 Å². The van der Waals surface area contributed by atoms with E-state index in [9.17, 15) is 14.7 Å². The summed E-state index contributed by atoms with van der Waals surface area (Å²) in [4.78, 5) is 26.3. The number of aromatic carboxylic acids is 1. The lowest BCUT2D eigenvalue weighted by molar-refractivity contribution is 0.0694. The number of anilines is 1. The molecule has 2 aliphatic rings. The van der Waals surface area contributed by atoms with Crippen molar-refractivity contribution in [2.24, 2.45) is 11.7 Å². The number of aromatic nitrogens is 1. The maximum atomic E-state index is 15.2. The van der Waals surface area contributed by atoms with Crippen LogP contribution in [0.1, 0.15) is 66.4 Å². The first kappa shape index (κ1) is 19.9. The smallest absolute Gasteiger partial charge is 0.341 e. The molecule has 29 heavy (non-hydrogen) atoms. The Kier molecular flexibility index (Phi) is 5.11. The van der Waals surface area contributed by atoms with Crippen LogP contribution in [0.2, 0.25) is 0 Å². The first-order valence-electron chi connectivity index (χ1n) is 10.5. The number of hydrogen-bond donors (Lipinski definition) is 2. The lowest BCUT2D eigenvalue weighted by Gasteiger charge is -2.25. The Balaban J connectivity index is 1.83. The van der Waals surface area contributed by atoms with Gasteiger partial charge in [-0.2, -0.15) is 0 Å². The van der Waals surface area contributed by atoms with Gasteiger partial charge in [-0.15, -0.1) is 0 Å². The Morgan fingerprint density at radius 1 is 1.38 bits per heavy atom. The van der Waals surface area contributed by atoms with Crippen LogP contribution in [0.5, 0.6) is 0 Å². The fourth-order valence-corrected chi connectivity index (χ4v) is 4.80. The highest BCUT2D eigenvalue weighted by molar-refractivity contribution is 5.89. The molecule has 156 valence electrons. The van der Waals surface area contributed by atoms with Crippen molar-refractivity contribution in [1.29, 1.82) is 0 Å². The molecule has 0 amide bonds. The number of fused-ring (bicyclic) bond motifs is 1. The summed E-state index contributed by atoms with van der Waals surface area (Å²) in [5.41, 5.74) is 8.02. The van der Waals surface area contributed by atoms with Crippen LogP contribution in [-0.2, 0) is 0 Å². The summed E-state index contributed by atoms with van der Waals surface area (Å²) in [5, 5.41) is 9.42. The summed E-state index contributed by atoms with van der Waals surface area (Å²) in [7, 11) is 0. The van der Waals surface area contributed by atoms with Gasteiger partial charge in [-0.25, -0.2) is 9.18 Å². The molecule has 0 radical (unpaired) electrons.